The van der Waals surface area contributed by atoms with E-state index in [1.165, 1.54) is 55.0 Å². The van der Waals surface area contributed by atoms with E-state index in [-0.39, 0.29) is 0 Å². The molecule has 0 unspecified atom stereocenters. The second kappa shape index (κ2) is 15.1. The lowest BCUT2D eigenvalue weighted by Crippen LogP contribution is -2.11. The molecule has 306 valence electrons. The minimum Gasteiger partial charge on any atom is -0.455 e. The quantitative estimate of drug-likeness (QED) is 0.160. The monoisotopic (exact) mass is 830 g/mol. The maximum Gasteiger partial charge on any atom is 0.143 e. The highest BCUT2D eigenvalue weighted by molar-refractivity contribution is 6.16. The zero-order chi connectivity index (χ0) is 42.8. The summed E-state index contributed by atoms with van der Waals surface area (Å²) in [7, 11) is 0. The number of fused-ring (bicyclic) bond motifs is 9. The number of aryl methyl sites for hydroxylation is 1. The summed E-state index contributed by atoms with van der Waals surface area (Å²) < 4.78 is 8.95. The summed E-state index contributed by atoms with van der Waals surface area (Å²) in [5, 5.41) is 7.07. The van der Waals surface area contributed by atoms with Gasteiger partial charge in [0.1, 0.15) is 11.2 Å². The Balaban J connectivity index is 0.950. The molecule has 0 N–H and O–H groups in total. The Morgan fingerprint density at radius 3 is 1.98 bits per heavy atom. The van der Waals surface area contributed by atoms with Crippen molar-refractivity contribution >= 4 is 77.7 Å². The smallest absolute Gasteiger partial charge is 0.143 e. The normalized spacial score (nSPS) is 12.4. The van der Waals surface area contributed by atoms with Gasteiger partial charge in [0.05, 0.1) is 16.7 Å². The van der Waals surface area contributed by atoms with E-state index in [9.17, 15) is 0 Å². The number of allylic oxidation sites excluding steroid dienone is 1. The van der Waals surface area contributed by atoms with Crippen LogP contribution in [0.3, 0.4) is 0 Å². The van der Waals surface area contributed by atoms with Gasteiger partial charge in [-0.1, -0.05) is 158 Å². The molecule has 1 aliphatic rings. The van der Waals surface area contributed by atoms with Crippen LogP contribution >= 0.6 is 0 Å². The van der Waals surface area contributed by atoms with Crippen molar-refractivity contribution in [1.29, 1.82) is 0 Å². The van der Waals surface area contributed by atoms with Crippen molar-refractivity contribution in [3.05, 3.63) is 236 Å². The highest BCUT2D eigenvalue weighted by Gasteiger charge is 2.21. The van der Waals surface area contributed by atoms with Crippen LogP contribution in [0.5, 0.6) is 0 Å². The summed E-state index contributed by atoms with van der Waals surface area (Å²) in [6, 6.07) is 79.5. The number of para-hydroxylation sites is 3. The highest BCUT2D eigenvalue weighted by atomic mass is 16.3. The summed E-state index contributed by atoms with van der Waals surface area (Å²) in [6.45, 7) is 0. The molecular weight excluding hydrogens is 789 g/mol. The summed E-state index contributed by atoms with van der Waals surface area (Å²) in [6.07, 6.45) is 6.76. The standard InChI is InChI=1S/C62H42N2O/c1-3-21-50-42(14-1)16-13-26-51(50)45-18-12-19-48(39-45)63(58-27-8-5-22-52(58)46-33-37-61-57(40-46)56-36-32-43-15-2-4-23-53(43)62(56)65-61)47-34-30-41(31-35-47)44-17-11-20-49(38-44)64-59-28-9-6-24-54(59)55-25-7-10-29-60(55)64/h2-13,15-40H,1,14H2. The van der Waals surface area contributed by atoms with Crippen molar-refractivity contribution in [2.45, 2.75) is 12.8 Å². The van der Waals surface area contributed by atoms with Crippen molar-refractivity contribution in [1.82, 2.24) is 4.57 Å². The lowest BCUT2D eigenvalue weighted by atomic mass is 9.90. The van der Waals surface area contributed by atoms with E-state index < -0.39 is 0 Å². The molecule has 3 nitrogen and oxygen atoms in total. The molecule has 0 atom stereocenters. The van der Waals surface area contributed by atoms with Crippen molar-refractivity contribution in [2.24, 2.45) is 0 Å². The van der Waals surface area contributed by atoms with Crippen LogP contribution < -0.4 is 4.90 Å². The summed E-state index contributed by atoms with van der Waals surface area (Å²) in [5.74, 6) is 0. The first kappa shape index (κ1) is 37.2. The van der Waals surface area contributed by atoms with E-state index in [1.807, 2.05) is 0 Å². The van der Waals surface area contributed by atoms with Crippen LogP contribution in [0.4, 0.5) is 17.1 Å². The van der Waals surface area contributed by atoms with E-state index >= 15 is 0 Å². The van der Waals surface area contributed by atoms with Gasteiger partial charge in [-0.25, -0.2) is 0 Å². The number of anilines is 3. The van der Waals surface area contributed by atoms with E-state index in [0.29, 0.717) is 0 Å². The van der Waals surface area contributed by atoms with E-state index in [1.54, 1.807) is 0 Å². The van der Waals surface area contributed by atoms with Gasteiger partial charge in [0.15, 0.2) is 0 Å². The molecule has 0 radical (unpaired) electrons. The Morgan fingerprint density at radius 1 is 0.431 bits per heavy atom. The van der Waals surface area contributed by atoms with Crippen LogP contribution in [0.25, 0.3) is 99.7 Å². The van der Waals surface area contributed by atoms with Gasteiger partial charge in [-0.3, -0.25) is 0 Å². The first-order chi connectivity index (χ1) is 32.2. The third kappa shape index (κ3) is 6.19. The van der Waals surface area contributed by atoms with Gasteiger partial charge in [0.2, 0.25) is 0 Å². The number of hydrogen-bond donors (Lipinski definition) is 0. The fraction of sp³-hybridized carbons (Fsp3) is 0.0323. The summed E-state index contributed by atoms with van der Waals surface area (Å²) in [5.41, 5.74) is 18.4. The van der Waals surface area contributed by atoms with Crippen molar-refractivity contribution in [3.8, 4) is 39.1 Å². The van der Waals surface area contributed by atoms with E-state index in [4.69, 9.17) is 4.42 Å². The molecule has 0 saturated carbocycles. The second-order valence-electron chi connectivity index (χ2n) is 17.2. The van der Waals surface area contributed by atoms with Crippen LogP contribution in [0.15, 0.2) is 229 Å². The molecule has 0 bridgehead atoms. The molecule has 2 heterocycles. The molecule has 0 spiro atoms. The van der Waals surface area contributed by atoms with Crippen molar-refractivity contribution in [2.75, 3.05) is 4.90 Å². The average Bonchev–Trinajstić information content (AvgIpc) is 3.93. The van der Waals surface area contributed by atoms with Crippen LogP contribution in [0, 0.1) is 0 Å². The fourth-order valence-electron chi connectivity index (χ4n) is 10.4. The number of aromatic nitrogens is 1. The lowest BCUT2D eigenvalue weighted by Gasteiger charge is -2.28. The minimum atomic E-state index is 0.889. The largest absolute Gasteiger partial charge is 0.455 e. The molecular formula is C62H42N2O. The van der Waals surface area contributed by atoms with Gasteiger partial charge in [-0.05, 0) is 130 Å². The van der Waals surface area contributed by atoms with Gasteiger partial charge >= 0.3 is 0 Å². The Hall–Kier alpha value is -8.40. The Labute approximate surface area is 377 Å². The molecule has 2 aromatic heterocycles. The Morgan fingerprint density at radius 2 is 1.12 bits per heavy atom. The number of rotatable bonds is 7. The summed E-state index contributed by atoms with van der Waals surface area (Å²) in [4.78, 5) is 2.42. The third-order valence-electron chi connectivity index (χ3n) is 13.4. The Bertz CT molecular complexity index is 3790. The SMILES string of the molecule is C1=Cc2c(cccc2-c2cccc(N(c3ccc(-c4cccc(-n5c6ccccc6c6ccccc65)c4)cc3)c3ccccc3-c3ccc4oc5c6ccccc6ccc5c4c3)c2)CC1. The van der Waals surface area contributed by atoms with Crippen LogP contribution in [0.2, 0.25) is 0 Å². The Kier molecular flexibility index (Phi) is 8.67. The number of furan rings is 1. The van der Waals surface area contributed by atoms with Crippen LogP contribution in [-0.2, 0) is 6.42 Å². The molecule has 65 heavy (non-hydrogen) atoms. The van der Waals surface area contributed by atoms with Crippen molar-refractivity contribution in [3.63, 3.8) is 0 Å². The predicted octanol–water partition coefficient (Wildman–Crippen LogP) is 17.3. The molecule has 10 aromatic carbocycles. The second-order valence-corrected chi connectivity index (χ2v) is 17.2. The minimum absolute atomic E-state index is 0.889. The lowest BCUT2D eigenvalue weighted by molar-refractivity contribution is 0.672. The maximum absolute atomic E-state index is 6.56. The highest BCUT2D eigenvalue weighted by Crippen LogP contribution is 2.45. The van der Waals surface area contributed by atoms with Gasteiger partial charge in [0, 0.05) is 49.6 Å². The van der Waals surface area contributed by atoms with Crippen molar-refractivity contribution < 1.29 is 4.42 Å². The third-order valence-corrected chi connectivity index (χ3v) is 13.4. The maximum atomic E-state index is 6.56. The molecule has 3 heteroatoms. The first-order valence-corrected chi connectivity index (χ1v) is 22.5. The fourth-order valence-corrected chi connectivity index (χ4v) is 10.4. The molecule has 0 aliphatic heterocycles. The van der Waals surface area contributed by atoms with Gasteiger partial charge in [-0.2, -0.15) is 0 Å². The number of hydrogen-bond acceptors (Lipinski definition) is 2. The van der Waals surface area contributed by atoms with Gasteiger partial charge in [0.25, 0.3) is 0 Å². The van der Waals surface area contributed by atoms with Gasteiger partial charge in [-0.15, -0.1) is 0 Å². The molecule has 1 aliphatic carbocycles. The zero-order valence-corrected chi connectivity index (χ0v) is 35.7. The van der Waals surface area contributed by atoms with Crippen LogP contribution in [0.1, 0.15) is 17.5 Å². The van der Waals surface area contributed by atoms with Gasteiger partial charge < -0.3 is 13.9 Å². The molecule has 13 rings (SSSR count). The molecule has 12 aromatic rings. The number of benzene rings is 10. The topological polar surface area (TPSA) is 21.3 Å². The van der Waals surface area contributed by atoms with E-state index in [2.05, 4.69) is 240 Å². The first-order valence-electron chi connectivity index (χ1n) is 22.5. The zero-order valence-electron chi connectivity index (χ0n) is 35.7. The summed E-state index contributed by atoms with van der Waals surface area (Å²) >= 11 is 0. The number of nitrogens with zero attached hydrogens (tertiary/aromatic N) is 2. The predicted molar refractivity (Wildman–Crippen MR) is 274 cm³/mol. The molecule has 0 amide bonds. The molecule has 0 saturated heterocycles. The van der Waals surface area contributed by atoms with E-state index in [0.717, 1.165) is 79.6 Å². The average molecular weight is 831 g/mol. The molecule has 0 fully saturated rings. The van der Waals surface area contributed by atoms with Crippen LogP contribution in [-0.4, -0.2) is 4.57 Å².